The Hall–Kier alpha value is -1.36. The van der Waals surface area contributed by atoms with E-state index in [0.717, 1.165) is 6.07 Å². The number of hydrogen-bond acceptors (Lipinski definition) is 2. The van der Waals surface area contributed by atoms with E-state index in [2.05, 4.69) is 4.74 Å². The maximum Gasteiger partial charge on any atom is 0.314 e. The van der Waals surface area contributed by atoms with Crippen molar-refractivity contribution in [3.8, 4) is 5.75 Å². The second-order valence-electron chi connectivity index (χ2n) is 4.66. The molecule has 1 aromatic rings. The van der Waals surface area contributed by atoms with Crippen molar-refractivity contribution in [1.29, 1.82) is 0 Å². The van der Waals surface area contributed by atoms with Gasteiger partial charge >= 0.3 is 5.97 Å². The Bertz CT molecular complexity index is 525. The van der Waals surface area contributed by atoms with Crippen LogP contribution in [0.3, 0.4) is 0 Å². The molecule has 0 aliphatic heterocycles. The monoisotopic (exact) mass is 290 g/mol. The van der Waals surface area contributed by atoms with Gasteiger partial charge in [-0.1, -0.05) is 24.4 Å². The molecule has 0 amide bonds. The average molecular weight is 291 g/mol. The van der Waals surface area contributed by atoms with Gasteiger partial charge in [0.15, 0.2) is 11.6 Å². The molecule has 0 aromatic heterocycles. The molecular weight excluding hydrogens is 278 g/mol. The lowest BCUT2D eigenvalue weighted by atomic mass is 9.78. The SMILES string of the molecule is COc1c(Cl)cc(C2(C(=O)O)CCCC2)c(F)c1F. The van der Waals surface area contributed by atoms with Gasteiger partial charge in [-0.15, -0.1) is 0 Å². The molecule has 2 rings (SSSR count). The molecule has 19 heavy (non-hydrogen) atoms. The minimum absolute atomic E-state index is 0.121. The molecular formula is C13H13ClF2O3. The van der Waals surface area contributed by atoms with Gasteiger partial charge in [0.25, 0.3) is 0 Å². The lowest BCUT2D eigenvalue weighted by molar-refractivity contribution is -0.143. The second-order valence-corrected chi connectivity index (χ2v) is 5.07. The Labute approximate surface area is 114 Å². The zero-order valence-electron chi connectivity index (χ0n) is 10.3. The molecule has 0 bridgehead atoms. The van der Waals surface area contributed by atoms with E-state index in [1.807, 2.05) is 0 Å². The number of benzene rings is 1. The van der Waals surface area contributed by atoms with Gasteiger partial charge in [-0.3, -0.25) is 4.79 Å². The molecule has 104 valence electrons. The van der Waals surface area contributed by atoms with E-state index < -0.39 is 28.8 Å². The molecule has 0 radical (unpaired) electrons. The minimum atomic E-state index is -1.39. The highest BCUT2D eigenvalue weighted by atomic mass is 35.5. The van der Waals surface area contributed by atoms with E-state index in [1.54, 1.807) is 0 Å². The van der Waals surface area contributed by atoms with Crippen molar-refractivity contribution >= 4 is 17.6 Å². The summed E-state index contributed by atoms with van der Waals surface area (Å²) in [6.07, 6.45) is 1.89. The predicted octanol–water partition coefficient (Wildman–Crippen LogP) is 3.52. The molecule has 0 atom stereocenters. The molecule has 1 aromatic carbocycles. The standard InChI is InChI=1S/C13H13ClF2O3/c1-19-11-8(14)6-7(9(15)10(11)16)13(12(17)18)4-2-3-5-13/h6H,2-5H2,1H3,(H,17,18). The third kappa shape index (κ3) is 2.06. The summed E-state index contributed by atoms with van der Waals surface area (Å²) >= 11 is 5.83. The van der Waals surface area contributed by atoms with Crippen molar-refractivity contribution in [3.05, 3.63) is 28.3 Å². The normalized spacial score (nSPS) is 17.5. The van der Waals surface area contributed by atoms with Gasteiger partial charge in [0.05, 0.1) is 17.5 Å². The third-order valence-electron chi connectivity index (χ3n) is 3.70. The highest BCUT2D eigenvalue weighted by Crippen LogP contribution is 2.45. The number of rotatable bonds is 3. The first-order chi connectivity index (χ1) is 8.94. The number of halogens is 3. The highest BCUT2D eigenvalue weighted by molar-refractivity contribution is 6.32. The van der Waals surface area contributed by atoms with Crippen LogP contribution in [0, 0.1) is 11.6 Å². The molecule has 1 fully saturated rings. The van der Waals surface area contributed by atoms with Crippen molar-refractivity contribution < 1.29 is 23.4 Å². The molecule has 0 unspecified atom stereocenters. The summed E-state index contributed by atoms with van der Waals surface area (Å²) in [6.45, 7) is 0. The van der Waals surface area contributed by atoms with Crippen LogP contribution in [-0.4, -0.2) is 18.2 Å². The van der Waals surface area contributed by atoms with Crippen molar-refractivity contribution in [1.82, 2.24) is 0 Å². The van der Waals surface area contributed by atoms with Crippen LogP contribution in [0.2, 0.25) is 5.02 Å². The maximum atomic E-state index is 14.1. The third-order valence-corrected chi connectivity index (χ3v) is 3.98. The summed E-state index contributed by atoms with van der Waals surface area (Å²) < 4.78 is 32.6. The van der Waals surface area contributed by atoms with E-state index in [9.17, 15) is 18.7 Å². The van der Waals surface area contributed by atoms with Crippen molar-refractivity contribution in [2.45, 2.75) is 31.1 Å². The van der Waals surface area contributed by atoms with Crippen molar-refractivity contribution in [3.63, 3.8) is 0 Å². The number of methoxy groups -OCH3 is 1. The number of carboxylic acid groups (broad SMARTS) is 1. The first-order valence-electron chi connectivity index (χ1n) is 5.89. The largest absolute Gasteiger partial charge is 0.492 e. The number of carbonyl (C=O) groups is 1. The summed E-state index contributed by atoms with van der Waals surface area (Å²) in [5, 5.41) is 9.27. The van der Waals surface area contributed by atoms with Gasteiger partial charge < -0.3 is 9.84 Å². The van der Waals surface area contributed by atoms with Crippen LogP contribution in [0.1, 0.15) is 31.2 Å². The van der Waals surface area contributed by atoms with Crippen LogP contribution in [0.15, 0.2) is 6.07 Å². The summed E-state index contributed by atoms with van der Waals surface area (Å²) in [7, 11) is 1.17. The van der Waals surface area contributed by atoms with Crippen LogP contribution in [0.25, 0.3) is 0 Å². The van der Waals surface area contributed by atoms with Crippen LogP contribution in [-0.2, 0) is 10.2 Å². The van der Waals surface area contributed by atoms with E-state index in [4.69, 9.17) is 11.6 Å². The van der Waals surface area contributed by atoms with Gasteiger partial charge in [0, 0.05) is 5.56 Å². The molecule has 1 aliphatic rings. The fourth-order valence-electron chi connectivity index (χ4n) is 2.69. The lowest BCUT2D eigenvalue weighted by Gasteiger charge is -2.25. The van der Waals surface area contributed by atoms with E-state index in [1.165, 1.54) is 7.11 Å². The molecule has 0 spiro atoms. The first kappa shape index (κ1) is 14.1. The summed E-state index contributed by atoms with van der Waals surface area (Å²) in [6, 6.07) is 1.16. The van der Waals surface area contributed by atoms with E-state index in [0.29, 0.717) is 12.8 Å². The minimum Gasteiger partial charge on any atom is -0.492 e. The van der Waals surface area contributed by atoms with Gasteiger partial charge in [0.1, 0.15) is 0 Å². The number of carboxylic acids is 1. The van der Waals surface area contributed by atoms with Crippen LogP contribution in [0.4, 0.5) is 8.78 Å². The molecule has 1 saturated carbocycles. The summed E-state index contributed by atoms with van der Waals surface area (Å²) in [5.74, 6) is -3.98. The van der Waals surface area contributed by atoms with Crippen LogP contribution in [0.5, 0.6) is 5.75 Å². The zero-order chi connectivity index (χ0) is 14.2. The molecule has 6 heteroatoms. The molecule has 3 nitrogen and oxygen atoms in total. The maximum absolute atomic E-state index is 14.1. The van der Waals surface area contributed by atoms with Gasteiger partial charge in [-0.05, 0) is 18.9 Å². The molecule has 1 N–H and O–H groups in total. The Morgan fingerprint density at radius 2 is 1.95 bits per heavy atom. The Morgan fingerprint density at radius 3 is 2.42 bits per heavy atom. The second kappa shape index (κ2) is 4.96. The molecule has 1 aliphatic carbocycles. The van der Waals surface area contributed by atoms with E-state index in [-0.39, 0.29) is 23.4 Å². The van der Waals surface area contributed by atoms with Gasteiger partial charge in [-0.2, -0.15) is 4.39 Å². The quantitative estimate of drug-likeness (QED) is 0.866. The topological polar surface area (TPSA) is 46.5 Å². The molecule has 0 saturated heterocycles. The number of aliphatic carboxylic acids is 1. The number of ether oxygens (including phenoxy) is 1. The Kier molecular flexibility index (Phi) is 3.67. The van der Waals surface area contributed by atoms with Crippen molar-refractivity contribution in [2.75, 3.05) is 7.11 Å². The highest BCUT2D eigenvalue weighted by Gasteiger charge is 2.46. The fourth-order valence-corrected chi connectivity index (χ4v) is 2.96. The van der Waals surface area contributed by atoms with Crippen LogP contribution < -0.4 is 4.74 Å². The van der Waals surface area contributed by atoms with Gasteiger partial charge in [-0.25, -0.2) is 4.39 Å². The van der Waals surface area contributed by atoms with Crippen molar-refractivity contribution in [2.24, 2.45) is 0 Å². The lowest BCUT2D eigenvalue weighted by Crippen LogP contribution is -2.34. The van der Waals surface area contributed by atoms with Gasteiger partial charge in [0.2, 0.25) is 5.82 Å². The van der Waals surface area contributed by atoms with Crippen LogP contribution >= 0.6 is 11.6 Å². The Balaban J connectivity index is 2.65. The number of hydrogen-bond donors (Lipinski definition) is 1. The summed E-state index contributed by atoms with van der Waals surface area (Å²) in [4.78, 5) is 11.5. The smallest absolute Gasteiger partial charge is 0.314 e. The zero-order valence-corrected chi connectivity index (χ0v) is 11.1. The average Bonchev–Trinajstić information content (AvgIpc) is 2.85. The first-order valence-corrected chi connectivity index (χ1v) is 6.27. The molecule has 0 heterocycles. The predicted molar refractivity (Wildman–Crippen MR) is 65.7 cm³/mol. The van der Waals surface area contributed by atoms with E-state index >= 15 is 0 Å². The Morgan fingerprint density at radius 1 is 1.37 bits per heavy atom. The fraction of sp³-hybridized carbons (Fsp3) is 0.462. The summed E-state index contributed by atoms with van der Waals surface area (Å²) in [5.41, 5.74) is -1.58.